The SMILES string of the molecule is [Se]=c1n(Cc2ccccc2)c2ccccc2n1Cc1ccccc1. The van der Waals surface area contributed by atoms with Crippen LogP contribution in [0.2, 0.25) is 0 Å². The van der Waals surface area contributed by atoms with Gasteiger partial charge in [-0.1, -0.05) is 0 Å². The van der Waals surface area contributed by atoms with E-state index in [0.29, 0.717) is 0 Å². The number of hydrogen-bond acceptors (Lipinski definition) is 0. The van der Waals surface area contributed by atoms with Crippen molar-refractivity contribution in [1.29, 1.82) is 0 Å². The van der Waals surface area contributed by atoms with E-state index in [9.17, 15) is 0 Å². The van der Waals surface area contributed by atoms with E-state index in [1.54, 1.807) is 0 Å². The third kappa shape index (κ3) is 2.89. The molecule has 0 spiro atoms. The van der Waals surface area contributed by atoms with E-state index in [4.69, 9.17) is 0 Å². The molecule has 118 valence electrons. The fourth-order valence-electron chi connectivity index (χ4n) is 3.11. The van der Waals surface area contributed by atoms with Crippen LogP contribution >= 0.6 is 0 Å². The third-order valence-electron chi connectivity index (χ3n) is 4.29. The summed E-state index contributed by atoms with van der Waals surface area (Å²) in [7, 11) is 0. The van der Waals surface area contributed by atoms with Gasteiger partial charge in [-0.15, -0.1) is 0 Å². The van der Waals surface area contributed by atoms with E-state index >= 15 is 0 Å². The number of nitrogens with zero attached hydrogens (tertiary/aromatic N) is 2. The Morgan fingerprint density at radius 3 is 1.33 bits per heavy atom. The molecular formula is C21H18N2Se. The summed E-state index contributed by atoms with van der Waals surface area (Å²) in [6.45, 7) is 1.73. The number of fused-ring (bicyclic) bond motifs is 1. The average Bonchev–Trinajstić information content (AvgIpc) is 2.90. The van der Waals surface area contributed by atoms with Gasteiger partial charge < -0.3 is 0 Å². The van der Waals surface area contributed by atoms with Gasteiger partial charge in [-0.3, -0.25) is 0 Å². The zero-order valence-corrected chi connectivity index (χ0v) is 15.0. The molecule has 0 fully saturated rings. The molecule has 0 saturated carbocycles. The summed E-state index contributed by atoms with van der Waals surface area (Å²) in [5.41, 5.74) is 5.13. The van der Waals surface area contributed by atoms with E-state index < -0.39 is 0 Å². The molecule has 0 bridgehead atoms. The Bertz CT molecular complexity index is 933. The second kappa shape index (κ2) is 6.64. The minimum absolute atomic E-state index is 0.867. The van der Waals surface area contributed by atoms with Crippen LogP contribution in [0.5, 0.6) is 0 Å². The van der Waals surface area contributed by atoms with Gasteiger partial charge in [0.15, 0.2) is 0 Å². The molecular weight excluding hydrogens is 359 g/mol. The first kappa shape index (κ1) is 15.2. The number of aromatic nitrogens is 2. The molecule has 0 saturated heterocycles. The summed E-state index contributed by atoms with van der Waals surface area (Å²) in [6, 6.07) is 29.8. The van der Waals surface area contributed by atoms with E-state index in [0.717, 1.165) is 17.4 Å². The van der Waals surface area contributed by atoms with Gasteiger partial charge in [0.25, 0.3) is 0 Å². The standard InChI is InChI=1S/C21H18N2Se/c24-21-22(15-17-9-3-1-4-10-17)19-13-7-8-14-20(19)23(21)16-18-11-5-2-6-12-18/h1-14H,15-16H2. The quantitative estimate of drug-likeness (QED) is 0.471. The Kier molecular flexibility index (Phi) is 4.20. The number of rotatable bonds is 4. The van der Waals surface area contributed by atoms with Crippen molar-refractivity contribution < 1.29 is 0 Å². The predicted octanol–water partition coefficient (Wildman–Crippen LogP) is 4.24. The molecule has 0 unspecified atom stereocenters. The Balaban J connectivity index is 1.83. The van der Waals surface area contributed by atoms with Crippen molar-refractivity contribution in [3.63, 3.8) is 0 Å². The molecule has 1 heterocycles. The summed E-state index contributed by atoms with van der Waals surface area (Å²) in [6.07, 6.45) is 0. The van der Waals surface area contributed by atoms with Crippen LogP contribution in [0.25, 0.3) is 11.0 Å². The molecule has 3 aromatic carbocycles. The molecule has 0 radical (unpaired) electrons. The number of benzene rings is 3. The van der Waals surface area contributed by atoms with Crippen molar-refractivity contribution in [2.45, 2.75) is 13.1 Å². The van der Waals surface area contributed by atoms with Gasteiger partial charge in [0.2, 0.25) is 0 Å². The Morgan fingerprint density at radius 1 is 0.542 bits per heavy atom. The second-order valence-corrected chi connectivity index (χ2v) is 6.68. The molecule has 0 aliphatic heterocycles. The first-order valence-corrected chi connectivity index (χ1v) is 8.94. The van der Waals surface area contributed by atoms with Crippen LogP contribution < -0.4 is 0 Å². The molecule has 0 atom stereocenters. The van der Waals surface area contributed by atoms with Gasteiger partial charge in [0.05, 0.1) is 0 Å². The summed E-state index contributed by atoms with van der Waals surface area (Å²) in [5, 5.41) is 0. The molecule has 3 heteroatoms. The van der Waals surface area contributed by atoms with Crippen LogP contribution in [0.15, 0.2) is 84.9 Å². The summed E-state index contributed by atoms with van der Waals surface area (Å²) in [4.78, 5) is 0. The average molecular weight is 377 g/mol. The fraction of sp³-hybridized carbons (Fsp3) is 0.0952. The Labute approximate surface area is 149 Å². The van der Waals surface area contributed by atoms with E-state index in [-0.39, 0.29) is 0 Å². The first-order chi connectivity index (χ1) is 11.8. The van der Waals surface area contributed by atoms with Crippen molar-refractivity contribution in [2.24, 2.45) is 0 Å². The van der Waals surface area contributed by atoms with Crippen molar-refractivity contribution in [1.82, 2.24) is 9.13 Å². The van der Waals surface area contributed by atoms with Crippen LogP contribution in [-0.4, -0.2) is 24.7 Å². The van der Waals surface area contributed by atoms with Crippen LogP contribution in [0, 0.1) is 4.32 Å². The molecule has 4 rings (SSSR count). The van der Waals surface area contributed by atoms with Crippen molar-refractivity contribution >= 4 is 26.6 Å². The fourth-order valence-corrected chi connectivity index (χ4v) is 3.79. The Hall–Kier alpha value is -2.35. The monoisotopic (exact) mass is 378 g/mol. The zero-order valence-electron chi connectivity index (χ0n) is 13.3. The Morgan fingerprint density at radius 2 is 0.917 bits per heavy atom. The predicted molar refractivity (Wildman–Crippen MR) is 100 cm³/mol. The number of para-hydroxylation sites is 2. The zero-order chi connectivity index (χ0) is 16.4. The summed E-state index contributed by atoms with van der Waals surface area (Å²) >= 11 is 3.30. The third-order valence-corrected chi connectivity index (χ3v) is 5.22. The molecule has 1 aromatic heterocycles. The van der Waals surface area contributed by atoms with Crippen molar-refractivity contribution in [3.05, 3.63) is 100 Å². The maximum atomic E-state index is 3.30. The van der Waals surface area contributed by atoms with Crippen molar-refractivity contribution in [2.75, 3.05) is 0 Å². The van der Waals surface area contributed by atoms with Gasteiger partial charge in [-0.05, 0) is 0 Å². The molecule has 4 aromatic rings. The van der Waals surface area contributed by atoms with Crippen LogP contribution in [0.1, 0.15) is 11.1 Å². The number of hydrogen-bond donors (Lipinski definition) is 0. The minimum atomic E-state index is 0.867. The number of imidazole rings is 1. The normalized spacial score (nSPS) is 11.0. The molecule has 0 aliphatic rings. The summed E-state index contributed by atoms with van der Waals surface area (Å²) < 4.78 is 5.87. The van der Waals surface area contributed by atoms with E-state index in [1.165, 1.54) is 22.2 Å². The molecule has 24 heavy (non-hydrogen) atoms. The van der Waals surface area contributed by atoms with E-state index in [2.05, 4.69) is 110 Å². The molecule has 0 N–H and O–H groups in total. The molecule has 0 aliphatic carbocycles. The van der Waals surface area contributed by atoms with Crippen molar-refractivity contribution in [3.8, 4) is 0 Å². The first-order valence-electron chi connectivity index (χ1n) is 8.09. The van der Waals surface area contributed by atoms with Gasteiger partial charge >= 0.3 is 149 Å². The second-order valence-electron chi connectivity index (χ2n) is 5.91. The van der Waals surface area contributed by atoms with Gasteiger partial charge in [-0.2, -0.15) is 0 Å². The van der Waals surface area contributed by atoms with Gasteiger partial charge in [0, 0.05) is 0 Å². The van der Waals surface area contributed by atoms with Crippen LogP contribution in [0.4, 0.5) is 0 Å². The van der Waals surface area contributed by atoms with Gasteiger partial charge in [0.1, 0.15) is 0 Å². The van der Waals surface area contributed by atoms with Gasteiger partial charge in [-0.25, -0.2) is 0 Å². The summed E-state index contributed by atoms with van der Waals surface area (Å²) in [5.74, 6) is 0. The maximum absolute atomic E-state index is 3.30. The van der Waals surface area contributed by atoms with E-state index in [1.807, 2.05) is 0 Å². The molecule has 2 nitrogen and oxygen atoms in total. The van der Waals surface area contributed by atoms with Crippen LogP contribution in [0.3, 0.4) is 0 Å². The molecule has 0 amide bonds. The van der Waals surface area contributed by atoms with Crippen LogP contribution in [-0.2, 0) is 13.1 Å². The topological polar surface area (TPSA) is 9.86 Å².